The normalized spacial score (nSPS) is 10.9. The van der Waals surface area contributed by atoms with Gasteiger partial charge in [0.15, 0.2) is 22.3 Å². The van der Waals surface area contributed by atoms with Crippen molar-refractivity contribution < 1.29 is 19.0 Å². The molecule has 10 nitrogen and oxygen atoms in total. The molecule has 11 heteroatoms. The van der Waals surface area contributed by atoms with Crippen LogP contribution in [0.4, 0.5) is 5.82 Å². The largest absolute Gasteiger partial charge is 0.490 e. The second-order valence-corrected chi connectivity index (χ2v) is 8.91. The van der Waals surface area contributed by atoms with E-state index in [1.807, 2.05) is 20.8 Å². The maximum absolute atomic E-state index is 13.0. The number of anilines is 1. The first-order valence-corrected chi connectivity index (χ1v) is 13.5. The van der Waals surface area contributed by atoms with E-state index >= 15 is 0 Å². The molecule has 0 unspecified atom stereocenters. The molecule has 1 amide bonds. The lowest BCUT2D eigenvalue weighted by molar-refractivity contribution is 0.0951. The third-order valence-electron chi connectivity index (χ3n) is 5.07. The van der Waals surface area contributed by atoms with Crippen molar-refractivity contribution >= 4 is 34.5 Å². The molecular weight excluding hydrogens is 480 g/mol. The number of fused-ring (bicyclic) bond motifs is 1. The van der Waals surface area contributed by atoms with E-state index in [1.54, 1.807) is 34.8 Å². The minimum atomic E-state index is -0.237. The monoisotopic (exact) mass is 516 g/mol. The van der Waals surface area contributed by atoms with Gasteiger partial charge in [-0.15, -0.1) is 0 Å². The van der Waals surface area contributed by atoms with E-state index in [4.69, 9.17) is 19.2 Å². The second kappa shape index (κ2) is 13.8. The van der Waals surface area contributed by atoms with E-state index < -0.39 is 0 Å². The second-order valence-electron chi connectivity index (χ2n) is 7.68. The third-order valence-corrected chi connectivity index (χ3v) is 5.80. The predicted octanol–water partition coefficient (Wildman–Crippen LogP) is 4.39. The van der Waals surface area contributed by atoms with Crippen LogP contribution in [0.3, 0.4) is 0 Å². The van der Waals surface area contributed by atoms with E-state index in [0.717, 1.165) is 35.6 Å². The summed E-state index contributed by atoms with van der Waals surface area (Å²) in [5.74, 6) is 2.90. The molecule has 0 spiro atoms. The van der Waals surface area contributed by atoms with E-state index in [9.17, 15) is 4.79 Å². The minimum absolute atomic E-state index is 0.237. The van der Waals surface area contributed by atoms with Gasteiger partial charge in [0.25, 0.3) is 5.91 Å². The zero-order valence-corrected chi connectivity index (χ0v) is 22.5. The topological polar surface area (TPSA) is 112 Å². The summed E-state index contributed by atoms with van der Waals surface area (Å²) in [6, 6.07) is 3.37. The lowest BCUT2D eigenvalue weighted by Gasteiger charge is -2.17. The number of thioether (sulfide) groups is 1. The van der Waals surface area contributed by atoms with Gasteiger partial charge in [-0.3, -0.25) is 4.79 Å². The van der Waals surface area contributed by atoms with Crippen LogP contribution in [0.1, 0.15) is 51.4 Å². The Hall–Kier alpha value is -3.21. The number of nitrogens with one attached hydrogen (secondary N) is 2. The number of ether oxygens (including phenoxy) is 3. The van der Waals surface area contributed by atoms with Crippen molar-refractivity contribution in [3.8, 4) is 17.2 Å². The Kier molecular flexibility index (Phi) is 10.5. The minimum Gasteiger partial charge on any atom is -0.490 e. The number of amides is 1. The first-order chi connectivity index (χ1) is 17.6. The third kappa shape index (κ3) is 6.71. The first-order valence-electron chi connectivity index (χ1n) is 12.5. The maximum Gasteiger partial charge on any atom is 0.251 e. The molecule has 0 saturated heterocycles. The summed E-state index contributed by atoms with van der Waals surface area (Å²) in [5, 5.41) is 12.4. The Bertz CT molecular complexity index is 1130. The summed E-state index contributed by atoms with van der Waals surface area (Å²) in [6.07, 6.45) is 2.76. The summed E-state index contributed by atoms with van der Waals surface area (Å²) in [5.41, 5.74) is 1.18. The fourth-order valence-electron chi connectivity index (χ4n) is 3.57. The van der Waals surface area contributed by atoms with Gasteiger partial charge in [0.2, 0.25) is 5.75 Å². The molecule has 0 aliphatic heterocycles. The molecule has 2 aromatic heterocycles. The highest BCUT2D eigenvalue weighted by atomic mass is 32.2. The number of nitrogens with zero attached hydrogens (tertiary/aromatic N) is 4. The molecule has 196 valence electrons. The zero-order chi connectivity index (χ0) is 25.9. The summed E-state index contributed by atoms with van der Waals surface area (Å²) >= 11 is 1.58. The Labute approximate surface area is 216 Å². The SMILES string of the molecule is CCCNc1nc(SCC)nc2c1cnn2CCNC(=O)c1cc(OCC)c(OCC)c(OCC)c1. The van der Waals surface area contributed by atoms with E-state index in [-0.39, 0.29) is 5.91 Å². The first kappa shape index (κ1) is 27.4. The molecule has 1 aromatic carbocycles. The maximum atomic E-state index is 13.0. The Morgan fingerprint density at radius 3 is 2.28 bits per heavy atom. The smallest absolute Gasteiger partial charge is 0.251 e. The summed E-state index contributed by atoms with van der Waals surface area (Å²) in [4.78, 5) is 22.3. The van der Waals surface area contributed by atoms with Gasteiger partial charge in [0, 0.05) is 18.7 Å². The fourth-order valence-corrected chi connectivity index (χ4v) is 4.13. The van der Waals surface area contributed by atoms with Crippen LogP contribution in [0.25, 0.3) is 11.0 Å². The molecule has 0 atom stereocenters. The van der Waals surface area contributed by atoms with E-state index in [1.165, 1.54) is 0 Å². The Morgan fingerprint density at radius 1 is 0.972 bits per heavy atom. The zero-order valence-electron chi connectivity index (χ0n) is 21.7. The molecule has 0 fully saturated rings. The number of hydrogen-bond donors (Lipinski definition) is 2. The molecule has 0 aliphatic rings. The Balaban J connectivity index is 1.77. The van der Waals surface area contributed by atoms with Crippen molar-refractivity contribution in [3.63, 3.8) is 0 Å². The highest BCUT2D eigenvalue weighted by Crippen LogP contribution is 2.39. The van der Waals surface area contributed by atoms with E-state index in [2.05, 4.69) is 34.6 Å². The fraction of sp³-hybridized carbons (Fsp3) is 0.520. The molecule has 3 aromatic rings. The van der Waals surface area contributed by atoms with Crippen molar-refractivity contribution in [3.05, 3.63) is 23.9 Å². The number of carbonyl (C=O) groups excluding carboxylic acids is 1. The van der Waals surface area contributed by atoms with Crippen LogP contribution in [-0.4, -0.2) is 64.3 Å². The molecule has 0 bridgehead atoms. The predicted molar refractivity (Wildman–Crippen MR) is 143 cm³/mol. The molecule has 0 saturated carbocycles. The Morgan fingerprint density at radius 2 is 1.67 bits per heavy atom. The number of hydrogen-bond acceptors (Lipinski definition) is 9. The lowest BCUT2D eigenvalue weighted by Crippen LogP contribution is -2.27. The number of carbonyl (C=O) groups is 1. The van der Waals surface area contributed by atoms with Crippen molar-refractivity contribution in [1.29, 1.82) is 0 Å². The molecule has 0 aliphatic carbocycles. The van der Waals surface area contributed by atoms with Crippen molar-refractivity contribution in [1.82, 2.24) is 25.1 Å². The van der Waals surface area contributed by atoms with E-state index in [0.29, 0.717) is 60.9 Å². The van der Waals surface area contributed by atoms with Gasteiger partial charge in [-0.1, -0.05) is 25.6 Å². The van der Waals surface area contributed by atoms with Crippen LogP contribution in [0.2, 0.25) is 0 Å². The number of benzene rings is 1. The quantitative estimate of drug-likeness (QED) is 0.224. The van der Waals surface area contributed by atoms with Gasteiger partial charge in [-0.2, -0.15) is 5.10 Å². The average Bonchev–Trinajstić information content (AvgIpc) is 3.27. The lowest BCUT2D eigenvalue weighted by atomic mass is 10.1. The van der Waals surface area contributed by atoms with Gasteiger partial charge < -0.3 is 24.8 Å². The standard InChI is InChI=1S/C25H36N6O4S/c1-6-11-26-22-18-16-28-31(23(18)30-25(29-22)36-10-5)13-12-27-24(32)17-14-19(33-7-2)21(35-9-4)20(15-17)34-8-3/h14-16H,6-13H2,1-5H3,(H,27,32)(H,26,29,30). The van der Waals surface area contributed by atoms with Gasteiger partial charge >= 0.3 is 0 Å². The van der Waals surface area contributed by atoms with Crippen LogP contribution < -0.4 is 24.8 Å². The van der Waals surface area contributed by atoms with Gasteiger partial charge in [0.05, 0.1) is 37.9 Å². The van der Waals surface area contributed by atoms with Crippen LogP contribution >= 0.6 is 11.8 Å². The van der Waals surface area contributed by atoms with Gasteiger partial charge in [0.1, 0.15) is 5.82 Å². The summed E-state index contributed by atoms with van der Waals surface area (Å²) in [6.45, 7) is 12.8. The van der Waals surface area contributed by atoms with Crippen LogP contribution in [0, 0.1) is 0 Å². The van der Waals surface area contributed by atoms with Gasteiger partial charge in [-0.25, -0.2) is 14.6 Å². The highest BCUT2D eigenvalue weighted by Gasteiger charge is 2.19. The average molecular weight is 517 g/mol. The summed E-state index contributed by atoms with van der Waals surface area (Å²) < 4.78 is 19.0. The van der Waals surface area contributed by atoms with Crippen molar-refractivity contribution in [2.45, 2.75) is 52.7 Å². The number of rotatable bonds is 15. The molecule has 2 N–H and O–H groups in total. The van der Waals surface area contributed by atoms with Crippen molar-refractivity contribution in [2.75, 3.05) is 44.0 Å². The summed E-state index contributed by atoms with van der Waals surface area (Å²) in [7, 11) is 0. The van der Waals surface area contributed by atoms with Gasteiger partial charge in [-0.05, 0) is 45.1 Å². The van der Waals surface area contributed by atoms with Crippen molar-refractivity contribution in [2.24, 2.45) is 0 Å². The molecular formula is C25H36N6O4S. The van der Waals surface area contributed by atoms with Crippen LogP contribution in [0.15, 0.2) is 23.5 Å². The molecule has 0 radical (unpaired) electrons. The van der Waals surface area contributed by atoms with Crippen LogP contribution in [0.5, 0.6) is 17.2 Å². The molecule has 36 heavy (non-hydrogen) atoms. The number of aromatic nitrogens is 4. The highest BCUT2D eigenvalue weighted by molar-refractivity contribution is 7.99. The van der Waals surface area contributed by atoms with Crippen LogP contribution in [-0.2, 0) is 6.54 Å². The molecule has 2 heterocycles. The molecule has 3 rings (SSSR count).